The normalized spacial score (nSPS) is 17.4. The lowest BCUT2D eigenvalue weighted by atomic mass is 9.89. The molecule has 1 fully saturated rings. The van der Waals surface area contributed by atoms with Crippen molar-refractivity contribution in [1.82, 2.24) is 10.3 Å². The molecule has 3 rings (SSSR count). The molecule has 0 radical (unpaired) electrons. The summed E-state index contributed by atoms with van der Waals surface area (Å²) in [4.78, 5) is 15.5. The summed E-state index contributed by atoms with van der Waals surface area (Å²) in [5.41, 5.74) is 1.94. The molecule has 3 nitrogen and oxygen atoms in total. The number of rotatable bonds is 2. The number of ketones is 1. The van der Waals surface area contributed by atoms with E-state index in [0.717, 1.165) is 42.4 Å². The van der Waals surface area contributed by atoms with E-state index in [4.69, 9.17) is 0 Å². The minimum Gasteiger partial charge on any atom is -0.361 e. The largest absolute Gasteiger partial charge is 0.361 e. The van der Waals surface area contributed by atoms with Gasteiger partial charge in [-0.1, -0.05) is 0 Å². The van der Waals surface area contributed by atoms with Gasteiger partial charge in [-0.15, -0.1) is 0 Å². The molecule has 0 spiro atoms. The first-order valence-electron chi connectivity index (χ1n) is 6.17. The second kappa shape index (κ2) is 4.34. The molecule has 0 amide bonds. The van der Waals surface area contributed by atoms with E-state index in [1.807, 2.05) is 30.5 Å². The van der Waals surface area contributed by atoms with Gasteiger partial charge < -0.3 is 10.3 Å². The van der Waals surface area contributed by atoms with Crippen molar-refractivity contribution in [3.63, 3.8) is 0 Å². The predicted octanol–water partition coefficient (Wildman–Crippen LogP) is 2.35. The van der Waals surface area contributed by atoms with E-state index in [1.54, 1.807) is 0 Å². The van der Waals surface area contributed by atoms with E-state index < -0.39 is 0 Å². The average Bonchev–Trinajstić information content (AvgIpc) is 2.86. The van der Waals surface area contributed by atoms with E-state index in [9.17, 15) is 4.79 Å². The van der Waals surface area contributed by atoms with Crippen molar-refractivity contribution in [2.24, 2.45) is 5.92 Å². The Morgan fingerprint density at radius 1 is 1.18 bits per heavy atom. The molecule has 1 aromatic heterocycles. The van der Waals surface area contributed by atoms with Crippen molar-refractivity contribution in [3.05, 3.63) is 36.0 Å². The highest BCUT2D eigenvalue weighted by molar-refractivity contribution is 6.00. The Balaban J connectivity index is 1.88. The highest BCUT2D eigenvalue weighted by Crippen LogP contribution is 2.21. The lowest BCUT2D eigenvalue weighted by Gasteiger charge is -2.21. The Bertz CT molecular complexity index is 538. The summed E-state index contributed by atoms with van der Waals surface area (Å²) in [6.45, 7) is 1.92. The molecule has 88 valence electrons. The van der Waals surface area contributed by atoms with E-state index in [2.05, 4.69) is 10.3 Å². The number of aromatic nitrogens is 1. The third-order valence-electron chi connectivity index (χ3n) is 3.55. The van der Waals surface area contributed by atoms with Gasteiger partial charge in [-0.3, -0.25) is 4.79 Å². The molecule has 2 N–H and O–H groups in total. The van der Waals surface area contributed by atoms with Gasteiger partial charge in [0.15, 0.2) is 5.78 Å². The average molecular weight is 228 g/mol. The first-order valence-corrected chi connectivity index (χ1v) is 6.17. The fourth-order valence-corrected chi connectivity index (χ4v) is 2.53. The minimum absolute atomic E-state index is 0.202. The number of piperidine rings is 1. The number of aromatic amines is 1. The summed E-state index contributed by atoms with van der Waals surface area (Å²) in [5.74, 6) is 0.502. The number of hydrogen-bond acceptors (Lipinski definition) is 2. The molecule has 1 aliphatic rings. The van der Waals surface area contributed by atoms with Gasteiger partial charge in [0.25, 0.3) is 0 Å². The summed E-state index contributed by atoms with van der Waals surface area (Å²) < 4.78 is 0. The molecule has 1 saturated heterocycles. The molecule has 0 atom stereocenters. The molecule has 1 aliphatic heterocycles. The number of H-pyrrole nitrogens is 1. The maximum Gasteiger partial charge on any atom is 0.166 e. The smallest absolute Gasteiger partial charge is 0.166 e. The number of Topliss-reactive ketones (excluding diaryl/α,β-unsaturated/α-hetero) is 1. The first kappa shape index (κ1) is 10.5. The Kier molecular flexibility index (Phi) is 2.69. The van der Waals surface area contributed by atoms with Gasteiger partial charge in [-0.25, -0.2) is 0 Å². The summed E-state index contributed by atoms with van der Waals surface area (Å²) >= 11 is 0. The molecule has 17 heavy (non-hydrogen) atoms. The maximum atomic E-state index is 12.3. The van der Waals surface area contributed by atoms with Gasteiger partial charge in [0.1, 0.15) is 0 Å². The number of carbonyl (C=O) groups is 1. The number of benzene rings is 1. The number of nitrogens with one attached hydrogen (secondary N) is 2. The van der Waals surface area contributed by atoms with Crippen molar-refractivity contribution in [1.29, 1.82) is 0 Å². The molecule has 0 unspecified atom stereocenters. The lowest BCUT2D eigenvalue weighted by molar-refractivity contribution is 0.0895. The maximum absolute atomic E-state index is 12.3. The fourth-order valence-electron chi connectivity index (χ4n) is 2.53. The van der Waals surface area contributed by atoms with Crippen LogP contribution < -0.4 is 5.32 Å². The lowest BCUT2D eigenvalue weighted by Crippen LogP contribution is -2.31. The molecule has 0 bridgehead atoms. The third-order valence-corrected chi connectivity index (χ3v) is 3.55. The van der Waals surface area contributed by atoms with Crippen molar-refractivity contribution in [2.75, 3.05) is 13.1 Å². The van der Waals surface area contributed by atoms with E-state index in [-0.39, 0.29) is 5.92 Å². The zero-order valence-corrected chi connectivity index (χ0v) is 9.70. The second-order valence-electron chi connectivity index (χ2n) is 4.67. The van der Waals surface area contributed by atoms with Crippen LogP contribution >= 0.6 is 0 Å². The molecule has 0 saturated carbocycles. The van der Waals surface area contributed by atoms with Gasteiger partial charge in [-0.2, -0.15) is 0 Å². The van der Waals surface area contributed by atoms with Crippen LogP contribution in [0, 0.1) is 5.92 Å². The zero-order chi connectivity index (χ0) is 11.7. The molecular weight excluding hydrogens is 212 g/mol. The van der Waals surface area contributed by atoms with Crippen LogP contribution in [0.4, 0.5) is 0 Å². The fraction of sp³-hybridized carbons (Fsp3) is 0.357. The number of fused-ring (bicyclic) bond motifs is 1. The quantitative estimate of drug-likeness (QED) is 0.775. The number of carbonyl (C=O) groups excluding carboxylic acids is 1. The van der Waals surface area contributed by atoms with Crippen LogP contribution in [0.15, 0.2) is 30.5 Å². The summed E-state index contributed by atoms with van der Waals surface area (Å²) in [7, 11) is 0. The van der Waals surface area contributed by atoms with Gasteiger partial charge in [0.2, 0.25) is 0 Å². The third kappa shape index (κ3) is 1.98. The highest BCUT2D eigenvalue weighted by Gasteiger charge is 2.22. The monoisotopic (exact) mass is 228 g/mol. The molecule has 1 aromatic carbocycles. The van der Waals surface area contributed by atoms with Gasteiger partial charge in [0, 0.05) is 28.6 Å². The zero-order valence-electron chi connectivity index (χ0n) is 9.70. The van der Waals surface area contributed by atoms with E-state index in [1.165, 1.54) is 0 Å². The van der Waals surface area contributed by atoms with Crippen LogP contribution in [0.3, 0.4) is 0 Å². The Morgan fingerprint density at radius 3 is 2.82 bits per heavy atom. The SMILES string of the molecule is O=C(c1ccc2[nH]ccc2c1)C1CCNCC1. The topological polar surface area (TPSA) is 44.9 Å². The Morgan fingerprint density at radius 2 is 2.00 bits per heavy atom. The van der Waals surface area contributed by atoms with Crippen LogP contribution in [-0.4, -0.2) is 23.9 Å². The van der Waals surface area contributed by atoms with E-state index >= 15 is 0 Å². The van der Waals surface area contributed by atoms with Crippen molar-refractivity contribution in [3.8, 4) is 0 Å². The summed E-state index contributed by atoms with van der Waals surface area (Å²) in [6.07, 6.45) is 3.83. The molecular formula is C14H16N2O. The molecule has 3 heteroatoms. The standard InChI is InChI=1S/C14H16N2O/c17-14(10-3-6-15-7-4-10)12-1-2-13-11(9-12)5-8-16-13/h1-2,5,8-10,15-16H,3-4,6-7H2. The number of hydrogen-bond donors (Lipinski definition) is 2. The van der Waals surface area contributed by atoms with Crippen LogP contribution in [0.1, 0.15) is 23.2 Å². The van der Waals surface area contributed by atoms with Crippen LogP contribution in [0.2, 0.25) is 0 Å². The predicted molar refractivity (Wildman–Crippen MR) is 68.2 cm³/mol. The van der Waals surface area contributed by atoms with Gasteiger partial charge >= 0.3 is 0 Å². The van der Waals surface area contributed by atoms with Crippen LogP contribution in [0.5, 0.6) is 0 Å². The van der Waals surface area contributed by atoms with Gasteiger partial charge in [-0.05, 0) is 50.2 Å². The van der Waals surface area contributed by atoms with E-state index in [0.29, 0.717) is 5.78 Å². The van der Waals surface area contributed by atoms with Crippen molar-refractivity contribution in [2.45, 2.75) is 12.8 Å². The summed E-state index contributed by atoms with van der Waals surface area (Å²) in [6, 6.07) is 7.93. The summed E-state index contributed by atoms with van der Waals surface area (Å²) in [5, 5.41) is 4.40. The molecule has 2 aromatic rings. The second-order valence-corrected chi connectivity index (χ2v) is 4.67. The molecule has 0 aliphatic carbocycles. The van der Waals surface area contributed by atoms with Crippen LogP contribution in [0.25, 0.3) is 10.9 Å². The van der Waals surface area contributed by atoms with Crippen molar-refractivity contribution >= 4 is 16.7 Å². The highest BCUT2D eigenvalue weighted by atomic mass is 16.1. The first-order chi connectivity index (χ1) is 8.34. The van der Waals surface area contributed by atoms with Crippen molar-refractivity contribution < 1.29 is 4.79 Å². The van der Waals surface area contributed by atoms with Crippen LogP contribution in [-0.2, 0) is 0 Å². The Hall–Kier alpha value is -1.61. The van der Waals surface area contributed by atoms with Gasteiger partial charge in [0.05, 0.1) is 0 Å². The minimum atomic E-state index is 0.202. The Labute approximate surface area is 100 Å². The molecule has 2 heterocycles.